The third kappa shape index (κ3) is 5.04. The molecule has 1 fully saturated rings. The van der Waals surface area contributed by atoms with Crippen LogP contribution in [-0.2, 0) is 9.59 Å². The highest BCUT2D eigenvalue weighted by Crippen LogP contribution is 2.39. The van der Waals surface area contributed by atoms with Gasteiger partial charge in [-0.2, -0.15) is 5.10 Å². The Balaban J connectivity index is 1.61. The number of rotatable bonds is 6. The van der Waals surface area contributed by atoms with E-state index in [0.29, 0.717) is 49.8 Å². The van der Waals surface area contributed by atoms with Crippen LogP contribution in [-0.4, -0.2) is 79.3 Å². The maximum Gasteiger partial charge on any atom is 0.257 e. The number of hydrogen-bond donors (Lipinski definition) is 0. The lowest BCUT2D eigenvalue weighted by molar-refractivity contribution is -0.135. The zero-order chi connectivity index (χ0) is 24.2. The van der Waals surface area contributed by atoms with Gasteiger partial charge >= 0.3 is 0 Å². The van der Waals surface area contributed by atoms with E-state index >= 15 is 0 Å². The van der Waals surface area contributed by atoms with Crippen molar-refractivity contribution in [1.82, 2.24) is 14.8 Å². The van der Waals surface area contributed by atoms with Crippen LogP contribution >= 0.6 is 0 Å². The lowest BCUT2D eigenvalue weighted by Gasteiger charge is -2.34. The third-order valence-electron chi connectivity index (χ3n) is 6.32. The first-order valence-electron chi connectivity index (χ1n) is 11.2. The summed E-state index contributed by atoms with van der Waals surface area (Å²) in [5.74, 6) is 0.853. The Kier molecular flexibility index (Phi) is 7.12. The van der Waals surface area contributed by atoms with Crippen molar-refractivity contribution in [3.63, 3.8) is 0 Å². The molecule has 1 atom stereocenters. The molecule has 2 aliphatic rings. The number of amides is 2. The van der Waals surface area contributed by atoms with Gasteiger partial charge < -0.3 is 14.4 Å². The van der Waals surface area contributed by atoms with Crippen molar-refractivity contribution in [1.29, 1.82) is 0 Å². The van der Waals surface area contributed by atoms with Gasteiger partial charge in [0.2, 0.25) is 5.91 Å². The fourth-order valence-corrected chi connectivity index (χ4v) is 4.38. The van der Waals surface area contributed by atoms with E-state index in [2.05, 4.69) is 5.10 Å². The molecule has 8 nitrogen and oxygen atoms in total. The monoisotopic (exact) mass is 468 g/mol. The molecular weight excluding hydrogens is 439 g/mol. The molecule has 9 heteroatoms. The fourth-order valence-electron chi connectivity index (χ4n) is 4.38. The van der Waals surface area contributed by atoms with E-state index in [1.54, 1.807) is 44.2 Å². The third-order valence-corrected chi connectivity index (χ3v) is 6.32. The van der Waals surface area contributed by atoms with Crippen molar-refractivity contribution in [3.05, 3.63) is 59.4 Å². The quantitative estimate of drug-likeness (QED) is 0.652. The summed E-state index contributed by atoms with van der Waals surface area (Å²) >= 11 is 0. The second kappa shape index (κ2) is 10.2. The van der Waals surface area contributed by atoms with Crippen LogP contribution < -0.4 is 9.47 Å². The Morgan fingerprint density at radius 1 is 1.03 bits per heavy atom. The zero-order valence-electron chi connectivity index (χ0n) is 19.7. The molecule has 0 aromatic heterocycles. The average molecular weight is 469 g/mol. The molecule has 0 bridgehead atoms. The summed E-state index contributed by atoms with van der Waals surface area (Å²) in [6.07, 6.45) is 0.457. The molecule has 0 spiro atoms. The van der Waals surface area contributed by atoms with E-state index in [9.17, 15) is 14.0 Å². The van der Waals surface area contributed by atoms with Gasteiger partial charge in [0, 0.05) is 45.1 Å². The molecule has 2 amide bonds. The van der Waals surface area contributed by atoms with Crippen molar-refractivity contribution < 1.29 is 23.5 Å². The molecule has 2 aromatic rings. The maximum absolute atomic E-state index is 13.5. The van der Waals surface area contributed by atoms with Gasteiger partial charge in [-0.05, 0) is 35.9 Å². The van der Waals surface area contributed by atoms with Crippen LogP contribution in [0.3, 0.4) is 0 Å². The zero-order valence-corrected chi connectivity index (χ0v) is 19.7. The fraction of sp³-hybridized carbons (Fsp3) is 0.400. The van der Waals surface area contributed by atoms with Crippen LogP contribution in [0.15, 0.2) is 47.6 Å². The van der Waals surface area contributed by atoms with Crippen LogP contribution in [0.25, 0.3) is 0 Å². The summed E-state index contributed by atoms with van der Waals surface area (Å²) in [7, 11) is 3.17. The van der Waals surface area contributed by atoms with Crippen LogP contribution in [0.5, 0.6) is 11.5 Å². The molecule has 2 aromatic carbocycles. The number of methoxy groups -OCH3 is 2. The predicted octanol–water partition coefficient (Wildman–Crippen LogP) is 2.68. The van der Waals surface area contributed by atoms with Gasteiger partial charge in [-0.3, -0.25) is 14.5 Å². The molecule has 1 saturated heterocycles. The molecular formula is C25H29FN4O4. The first-order chi connectivity index (χ1) is 16.4. The van der Waals surface area contributed by atoms with Gasteiger partial charge in [0.1, 0.15) is 17.3 Å². The van der Waals surface area contributed by atoms with Crippen molar-refractivity contribution in [2.24, 2.45) is 5.10 Å². The summed E-state index contributed by atoms with van der Waals surface area (Å²) < 4.78 is 24.5. The van der Waals surface area contributed by atoms with E-state index in [0.717, 1.165) is 11.1 Å². The predicted molar refractivity (Wildman–Crippen MR) is 125 cm³/mol. The number of piperazine rings is 1. The summed E-state index contributed by atoms with van der Waals surface area (Å²) in [6.45, 7) is 4.19. The minimum atomic E-state index is -0.392. The molecule has 0 N–H and O–H groups in total. The lowest BCUT2D eigenvalue weighted by atomic mass is 9.97. The normalized spacial score (nSPS) is 18.6. The Morgan fingerprint density at radius 3 is 2.35 bits per heavy atom. The molecule has 180 valence electrons. The summed E-state index contributed by atoms with van der Waals surface area (Å²) in [5, 5.41) is 6.18. The van der Waals surface area contributed by atoms with E-state index in [-0.39, 0.29) is 24.2 Å². The van der Waals surface area contributed by atoms with Crippen molar-refractivity contribution in [3.8, 4) is 11.5 Å². The van der Waals surface area contributed by atoms with E-state index < -0.39 is 6.04 Å². The topological polar surface area (TPSA) is 74.7 Å². The average Bonchev–Trinajstić information content (AvgIpc) is 3.30. The number of carbonyl (C=O) groups is 2. The Morgan fingerprint density at radius 2 is 1.74 bits per heavy atom. The number of benzene rings is 2. The van der Waals surface area contributed by atoms with Gasteiger partial charge in [0.15, 0.2) is 0 Å². The number of hydrazone groups is 1. The lowest BCUT2D eigenvalue weighted by Crippen LogP contribution is -2.50. The van der Waals surface area contributed by atoms with Gasteiger partial charge in [0.25, 0.3) is 5.91 Å². The summed E-state index contributed by atoms with van der Waals surface area (Å²) in [4.78, 5) is 28.9. The van der Waals surface area contributed by atoms with E-state index in [4.69, 9.17) is 9.47 Å². The highest BCUT2D eigenvalue weighted by atomic mass is 19.1. The number of halogens is 1. The molecule has 4 rings (SSSR count). The molecule has 0 radical (unpaired) electrons. The highest BCUT2D eigenvalue weighted by molar-refractivity contribution is 6.03. The largest absolute Gasteiger partial charge is 0.497 e. The molecule has 0 aliphatic carbocycles. The minimum absolute atomic E-state index is 0.0456. The second-order valence-electron chi connectivity index (χ2n) is 8.40. The number of hydrogen-bond acceptors (Lipinski definition) is 6. The molecule has 0 saturated carbocycles. The Labute approximate surface area is 198 Å². The summed E-state index contributed by atoms with van der Waals surface area (Å²) in [6, 6.07) is 11.2. The van der Waals surface area contributed by atoms with Crippen LogP contribution in [0.1, 0.15) is 30.5 Å². The number of ether oxygens (including phenoxy) is 2. The number of carbonyl (C=O) groups excluding carboxylic acids is 2. The van der Waals surface area contributed by atoms with Crippen molar-refractivity contribution >= 4 is 17.5 Å². The molecule has 1 unspecified atom stereocenters. The van der Waals surface area contributed by atoms with Gasteiger partial charge in [-0.1, -0.05) is 12.1 Å². The van der Waals surface area contributed by atoms with Gasteiger partial charge in [-0.15, -0.1) is 0 Å². The molecule has 2 heterocycles. The standard InChI is InChI=1S/C25H29FN4O4/c1-17(31)29-12-10-28(11-13-29)16-25(32)30-23(21-14-20(33-2)8-9-24(21)34-3)15-22(27-30)18-4-6-19(26)7-5-18/h4-9,14,23H,10-13,15-16H2,1-3H3. The molecule has 34 heavy (non-hydrogen) atoms. The van der Waals surface area contributed by atoms with E-state index in [1.807, 2.05) is 17.0 Å². The SMILES string of the molecule is COc1ccc(OC)c(C2CC(c3ccc(F)cc3)=NN2C(=O)CN2CCN(C(C)=O)CC2)c1. The highest BCUT2D eigenvalue weighted by Gasteiger charge is 2.36. The smallest absolute Gasteiger partial charge is 0.257 e. The Hall–Kier alpha value is -3.46. The van der Waals surface area contributed by atoms with E-state index in [1.165, 1.54) is 17.1 Å². The van der Waals surface area contributed by atoms with Crippen LogP contribution in [0.4, 0.5) is 4.39 Å². The van der Waals surface area contributed by atoms with Gasteiger partial charge in [-0.25, -0.2) is 9.40 Å². The van der Waals surface area contributed by atoms with Crippen molar-refractivity contribution in [2.45, 2.75) is 19.4 Å². The van der Waals surface area contributed by atoms with Crippen LogP contribution in [0.2, 0.25) is 0 Å². The first-order valence-corrected chi connectivity index (χ1v) is 11.2. The molecule has 2 aliphatic heterocycles. The Bertz CT molecular complexity index is 1080. The summed E-state index contributed by atoms with van der Waals surface area (Å²) in [5.41, 5.74) is 2.25. The first kappa shape index (κ1) is 23.7. The number of nitrogens with zero attached hydrogens (tertiary/aromatic N) is 4. The van der Waals surface area contributed by atoms with Gasteiger partial charge in [0.05, 0.1) is 32.5 Å². The maximum atomic E-state index is 13.5. The second-order valence-corrected chi connectivity index (χ2v) is 8.40. The van der Waals surface area contributed by atoms with Crippen molar-refractivity contribution in [2.75, 3.05) is 46.9 Å². The minimum Gasteiger partial charge on any atom is -0.497 e. The van der Waals surface area contributed by atoms with Crippen LogP contribution in [0, 0.1) is 5.82 Å².